The van der Waals surface area contributed by atoms with Crippen molar-refractivity contribution in [3.05, 3.63) is 53.6 Å². The molecule has 1 aliphatic rings. The molecule has 0 amide bonds. The molecule has 27 heavy (non-hydrogen) atoms. The molecule has 3 N–H and O–H groups in total. The van der Waals surface area contributed by atoms with E-state index in [9.17, 15) is 18.3 Å². The fourth-order valence-electron chi connectivity index (χ4n) is 2.64. The number of sulfonamides is 1. The maximum atomic E-state index is 12.6. The smallest absolute Gasteiger partial charge is 0.335 e. The monoisotopic (exact) mass is 390 g/mol. The second kappa shape index (κ2) is 7.98. The van der Waals surface area contributed by atoms with Gasteiger partial charge in [-0.05, 0) is 55.2 Å². The van der Waals surface area contributed by atoms with E-state index in [0.717, 1.165) is 24.2 Å². The molecule has 0 heterocycles. The Morgan fingerprint density at radius 2 is 1.89 bits per heavy atom. The SMILES string of the molecule is COc1ccc(CCNc2ccc(C(=O)O)cc2S(=O)(=O)NC2CC2)cc1. The van der Waals surface area contributed by atoms with Gasteiger partial charge in [-0.1, -0.05) is 12.1 Å². The van der Waals surface area contributed by atoms with Crippen LogP contribution in [-0.4, -0.2) is 39.2 Å². The summed E-state index contributed by atoms with van der Waals surface area (Å²) in [6, 6.07) is 11.7. The summed E-state index contributed by atoms with van der Waals surface area (Å²) in [6.07, 6.45) is 2.29. The van der Waals surface area contributed by atoms with Crippen molar-refractivity contribution in [2.45, 2.75) is 30.2 Å². The Morgan fingerprint density at radius 3 is 2.48 bits per heavy atom. The van der Waals surface area contributed by atoms with Crippen molar-refractivity contribution >= 4 is 21.7 Å². The third kappa shape index (κ3) is 4.99. The van der Waals surface area contributed by atoms with Gasteiger partial charge in [-0.2, -0.15) is 0 Å². The Hall–Kier alpha value is -2.58. The number of carboxylic acids is 1. The molecular formula is C19H22N2O5S. The first kappa shape index (κ1) is 19.2. The van der Waals surface area contributed by atoms with Crippen LogP contribution in [0.3, 0.4) is 0 Å². The van der Waals surface area contributed by atoms with Crippen LogP contribution in [0.25, 0.3) is 0 Å². The molecule has 0 radical (unpaired) electrons. The minimum absolute atomic E-state index is 0.0379. The van der Waals surface area contributed by atoms with Crippen molar-refractivity contribution in [2.75, 3.05) is 19.0 Å². The predicted octanol–water partition coefficient (Wildman–Crippen LogP) is 2.49. The normalized spacial score (nSPS) is 14.0. The van der Waals surface area contributed by atoms with Gasteiger partial charge >= 0.3 is 5.97 Å². The zero-order valence-electron chi connectivity index (χ0n) is 14.9. The average Bonchev–Trinajstić information content (AvgIpc) is 3.45. The molecule has 2 aromatic carbocycles. The van der Waals surface area contributed by atoms with Crippen LogP contribution >= 0.6 is 0 Å². The number of methoxy groups -OCH3 is 1. The lowest BCUT2D eigenvalue weighted by Gasteiger charge is -2.14. The molecule has 1 saturated carbocycles. The summed E-state index contributed by atoms with van der Waals surface area (Å²) in [6.45, 7) is 0.505. The van der Waals surface area contributed by atoms with E-state index in [4.69, 9.17) is 4.74 Å². The Bertz CT molecular complexity index is 922. The number of carbonyl (C=O) groups is 1. The molecule has 0 unspecified atom stereocenters. The van der Waals surface area contributed by atoms with Gasteiger partial charge in [0, 0.05) is 12.6 Å². The summed E-state index contributed by atoms with van der Waals surface area (Å²) in [5.74, 6) is -0.391. The predicted molar refractivity (Wildman–Crippen MR) is 102 cm³/mol. The van der Waals surface area contributed by atoms with Crippen LogP contribution in [0.1, 0.15) is 28.8 Å². The lowest BCUT2D eigenvalue weighted by molar-refractivity contribution is 0.0696. The van der Waals surface area contributed by atoms with Crippen LogP contribution in [0.2, 0.25) is 0 Å². The van der Waals surface area contributed by atoms with Crippen LogP contribution in [0.4, 0.5) is 5.69 Å². The number of ether oxygens (including phenoxy) is 1. The molecule has 1 fully saturated rings. The number of benzene rings is 2. The highest BCUT2D eigenvalue weighted by Crippen LogP contribution is 2.27. The van der Waals surface area contributed by atoms with Gasteiger partial charge < -0.3 is 15.2 Å². The second-order valence-electron chi connectivity index (χ2n) is 6.44. The quantitative estimate of drug-likeness (QED) is 0.608. The highest BCUT2D eigenvalue weighted by Gasteiger charge is 2.30. The zero-order valence-corrected chi connectivity index (χ0v) is 15.8. The molecule has 144 valence electrons. The van der Waals surface area contributed by atoms with E-state index in [0.29, 0.717) is 18.7 Å². The molecule has 0 aliphatic heterocycles. The number of hydrogen-bond acceptors (Lipinski definition) is 5. The first-order valence-electron chi connectivity index (χ1n) is 8.65. The summed E-state index contributed by atoms with van der Waals surface area (Å²) in [5, 5.41) is 12.3. The van der Waals surface area contributed by atoms with E-state index >= 15 is 0 Å². The van der Waals surface area contributed by atoms with Crippen molar-refractivity contribution in [2.24, 2.45) is 0 Å². The van der Waals surface area contributed by atoms with E-state index in [2.05, 4.69) is 10.0 Å². The van der Waals surface area contributed by atoms with Gasteiger partial charge in [0.2, 0.25) is 10.0 Å². The van der Waals surface area contributed by atoms with Gasteiger partial charge in [0.15, 0.2) is 0 Å². The Morgan fingerprint density at radius 1 is 1.19 bits per heavy atom. The first-order valence-corrected chi connectivity index (χ1v) is 10.1. The van der Waals surface area contributed by atoms with Crippen molar-refractivity contribution in [3.63, 3.8) is 0 Å². The van der Waals surface area contributed by atoms with E-state index in [1.807, 2.05) is 24.3 Å². The van der Waals surface area contributed by atoms with Gasteiger partial charge in [0.05, 0.1) is 18.4 Å². The molecule has 0 bridgehead atoms. The summed E-state index contributed by atoms with van der Waals surface area (Å²) < 4.78 is 33.0. The van der Waals surface area contributed by atoms with Gasteiger partial charge in [0.25, 0.3) is 0 Å². The van der Waals surface area contributed by atoms with E-state index < -0.39 is 16.0 Å². The summed E-state index contributed by atoms with van der Waals surface area (Å²) in [5.41, 5.74) is 1.40. The van der Waals surface area contributed by atoms with Crippen LogP contribution in [-0.2, 0) is 16.4 Å². The molecule has 2 aromatic rings. The second-order valence-corrected chi connectivity index (χ2v) is 8.12. The van der Waals surface area contributed by atoms with E-state index in [1.165, 1.54) is 18.2 Å². The van der Waals surface area contributed by atoms with Crippen LogP contribution in [0, 0.1) is 0 Å². The van der Waals surface area contributed by atoms with Gasteiger partial charge in [0.1, 0.15) is 10.6 Å². The summed E-state index contributed by atoms with van der Waals surface area (Å²) >= 11 is 0. The minimum Gasteiger partial charge on any atom is -0.497 e. The topological polar surface area (TPSA) is 105 Å². The fraction of sp³-hybridized carbons (Fsp3) is 0.316. The Labute approximate surface area is 158 Å². The number of rotatable bonds is 9. The van der Waals surface area contributed by atoms with Crippen LogP contribution in [0.5, 0.6) is 5.75 Å². The summed E-state index contributed by atoms with van der Waals surface area (Å²) in [4.78, 5) is 11.2. The highest BCUT2D eigenvalue weighted by molar-refractivity contribution is 7.89. The van der Waals surface area contributed by atoms with Gasteiger partial charge in [-0.15, -0.1) is 0 Å². The molecule has 7 nitrogen and oxygen atoms in total. The van der Waals surface area contributed by atoms with Gasteiger partial charge in [-0.3, -0.25) is 0 Å². The Balaban J connectivity index is 1.75. The number of anilines is 1. The van der Waals surface area contributed by atoms with Crippen molar-refractivity contribution < 1.29 is 23.1 Å². The molecule has 8 heteroatoms. The van der Waals surface area contributed by atoms with Gasteiger partial charge in [-0.25, -0.2) is 17.9 Å². The molecule has 0 atom stereocenters. The average molecular weight is 390 g/mol. The van der Waals surface area contributed by atoms with Crippen LogP contribution in [0.15, 0.2) is 47.4 Å². The molecule has 0 spiro atoms. The largest absolute Gasteiger partial charge is 0.497 e. The number of nitrogens with one attached hydrogen (secondary N) is 2. The molecule has 3 rings (SSSR count). The molecule has 0 aromatic heterocycles. The third-order valence-corrected chi connectivity index (χ3v) is 5.87. The number of hydrogen-bond donors (Lipinski definition) is 3. The fourth-order valence-corrected chi connectivity index (χ4v) is 4.15. The minimum atomic E-state index is -3.78. The first-order chi connectivity index (χ1) is 12.9. The standard InChI is InChI=1S/C19H22N2O5S/c1-26-16-7-2-13(3-8-16)10-11-20-17-9-4-14(19(22)23)12-18(17)27(24,25)21-15-5-6-15/h2-4,7-9,12,15,20-21H,5-6,10-11H2,1H3,(H,22,23). The lowest BCUT2D eigenvalue weighted by Crippen LogP contribution is -2.27. The van der Waals surface area contributed by atoms with Crippen molar-refractivity contribution in [1.29, 1.82) is 0 Å². The maximum Gasteiger partial charge on any atom is 0.335 e. The molecule has 1 aliphatic carbocycles. The van der Waals surface area contributed by atoms with E-state index in [1.54, 1.807) is 7.11 Å². The maximum absolute atomic E-state index is 12.6. The highest BCUT2D eigenvalue weighted by atomic mass is 32.2. The zero-order chi connectivity index (χ0) is 19.4. The third-order valence-electron chi connectivity index (χ3n) is 4.31. The van der Waals surface area contributed by atoms with Crippen LogP contribution < -0.4 is 14.8 Å². The van der Waals surface area contributed by atoms with Crippen molar-refractivity contribution in [3.8, 4) is 5.75 Å². The number of carboxylic acid groups (broad SMARTS) is 1. The van der Waals surface area contributed by atoms with Crippen molar-refractivity contribution in [1.82, 2.24) is 4.72 Å². The molecule has 0 saturated heterocycles. The summed E-state index contributed by atoms with van der Waals surface area (Å²) in [7, 11) is -2.17. The Kier molecular flexibility index (Phi) is 5.67. The number of aromatic carboxylic acids is 1. The van der Waals surface area contributed by atoms with E-state index in [-0.39, 0.29) is 16.5 Å². The molecular weight excluding hydrogens is 368 g/mol. The lowest BCUT2D eigenvalue weighted by atomic mass is 10.1.